The van der Waals surface area contributed by atoms with Crippen molar-refractivity contribution in [3.05, 3.63) is 18.2 Å². The Morgan fingerprint density at radius 1 is 1.38 bits per heavy atom. The first kappa shape index (κ1) is 11.1. The van der Waals surface area contributed by atoms with Crippen LogP contribution in [0.4, 0.5) is 0 Å². The van der Waals surface area contributed by atoms with Crippen molar-refractivity contribution >= 4 is 0 Å². The van der Waals surface area contributed by atoms with Crippen LogP contribution in [0, 0.1) is 0 Å². The lowest BCUT2D eigenvalue weighted by atomic mass is 10.2. The molecule has 0 radical (unpaired) electrons. The van der Waals surface area contributed by atoms with E-state index in [1.807, 2.05) is 18.2 Å². The van der Waals surface area contributed by atoms with Gasteiger partial charge in [0.2, 0.25) is 6.79 Å². The standard InChI is InChI=1S/C12H17NO3/c1-2-9(13)5-6-14-10-3-4-11-12(7-10)16-8-15-11/h3-4,7,9H,2,5-6,8,13H2,1H3. The number of hydrogen-bond acceptors (Lipinski definition) is 4. The molecule has 88 valence electrons. The quantitative estimate of drug-likeness (QED) is 0.828. The minimum atomic E-state index is 0.217. The van der Waals surface area contributed by atoms with E-state index < -0.39 is 0 Å². The topological polar surface area (TPSA) is 53.7 Å². The lowest BCUT2D eigenvalue weighted by Gasteiger charge is -2.10. The molecular formula is C12H17NO3. The lowest BCUT2D eigenvalue weighted by Crippen LogP contribution is -2.21. The Hall–Kier alpha value is -1.42. The second kappa shape index (κ2) is 5.07. The third-order valence-corrected chi connectivity index (χ3v) is 2.63. The maximum atomic E-state index is 5.80. The fourth-order valence-electron chi connectivity index (χ4n) is 1.50. The van der Waals surface area contributed by atoms with Crippen molar-refractivity contribution < 1.29 is 14.2 Å². The van der Waals surface area contributed by atoms with E-state index >= 15 is 0 Å². The Morgan fingerprint density at radius 3 is 3.00 bits per heavy atom. The van der Waals surface area contributed by atoms with Crippen molar-refractivity contribution in [2.24, 2.45) is 5.73 Å². The van der Waals surface area contributed by atoms with Crippen molar-refractivity contribution in [3.63, 3.8) is 0 Å². The van der Waals surface area contributed by atoms with Crippen LogP contribution in [0.3, 0.4) is 0 Å². The van der Waals surface area contributed by atoms with Crippen molar-refractivity contribution in [2.75, 3.05) is 13.4 Å². The summed E-state index contributed by atoms with van der Waals surface area (Å²) in [5.74, 6) is 2.32. The smallest absolute Gasteiger partial charge is 0.231 e. The molecule has 0 amide bonds. The van der Waals surface area contributed by atoms with Crippen LogP contribution in [-0.4, -0.2) is 19.4 Å². The van der Waals surface area contributed by atoms with E-state index in [9.17, 15) is 0 Å². The Kier molecular flexibility index (Phi) is 3.51. The van der Waals surface area contributed by atoms with Gasteiger partial charge in [-0.05, 0) is 25.0 Å². The predicted octanol–water partition coefficient (Wildman–Crippen LogP) is 1.92. The van der Waals surface area contributed by atoms with Crippen LogP contribution >= 0.6 is 0 Å². The normalized spacial score (nSPS) is 14.9. The average molecular weight is 223 g/mol. The van der Waals surface area contributed by atoms with Crippen LogP contribution in [0.15, 0.2) is 18.2 Å². The first-order valence-corrected chi connectivity index (χ1v) is 5.57. The molecule has 0 spiro atoms. The summed E-state index contributed by atoms with van der Waals surface area (Å²) >= 11 is 0. The SMILES string of the molecule is CCC(N)CCOc1ccc2c(c1)OCO2. The molecule has 1 atom stereocenters. The molecule has 1 aromatic rings. The number of ether oxygens (including phenoxy) is 3. The molecule has 16 heavy (non-hydrogen) atoms. The minimum Gasteiger partial charge on any atom is -0.493 e. The van der Waals surface area contributed by atoms with Gasteiger partial charge in [0.15, 0.2) is 11.5 Å². The van der Waals surface area contributed by atoms with Crippen LogP contribution in [0.1, 0.15) is 19.8 Å². The van der Waals surface area contributed by atoms with E-state index in [4.69, 9.17) is 19.9 Å². The molecule has 1 aliphatic heterocycles. The zero-order chi connectivity index (χ0) is 11.4. The summed E-state index contributed by atoms with van der Waals surface area (Å²) < 4.78 is 16.1. The maximum absolute atomic E-state index is 5.80. The number of fused-ring (bicyclic) bond motifs is 1. The van der Waals surface area contributed by atoms with E-state index in [2.05, 4.69) is 6.92 Å². The lowest BCUT2D eigenvalue weighted by molar-refractivity contribution is 0.173. The van der Waals surface area contributed by atoms with Crippen LogP contribution in [0.5, 0.6) is 17.2 Å². The zero-order valence-corrected chi connectivity index (χ0v) is 9.44. The van der Waals surface area contributed by atoms with Crippen molar-refractivity contribution in [1.29, 1.82) is 0 Å². The van der Waals surface area contributed by atoms with E-state index in [0.29, 0.717) is 13.4 Å². The van der Waals surface area contributed by atoms with Crippen LogP contribution in [0.25, 0.3) is 0 Å². The van der Waals surface area contributed by atoms with Gasteiger partial charge in [0, 0.05) is 12.1 Å². The Labute approximate surface area is 95.3 Å². The molecule has 1 unspecified atom stereocenters. The summed E-state index contributed by atoms with van der Waals surface area (Å²) in [4.78, 5) is 0. The summed E-state index contributed by atoms with van der Waals surface area (Å²) in [6, 6.07) is 5.80. The molecule has 1 aromatic carbocycles. The van der Waals surface area contributed by atoms with Crippen molar-refractivity contribution in [2.45, 2.75) is 25.8 Å². The van der Waals surface area contributed by atoms with Crippen LogP contribution in [0.2, 0.25) is 0 Å². The largest absolute Gasteiger partial charge is 0.493 e. The Balaban J connectivity index is 1.86. The van der Waals surface area contributed by atoms with Gasteiger partial charge in [0.1, 0.15) is 5.75 Å². The van der Waals surface area contributed by atoms with Gasteiger partial charge in [-0.3, -0.25) is 0 Å². The third-order valence-electron chi connectivity index (χ3n) is 2.63. The average Bonchev–Trinajstić information content (AvgIpc) is 2.76. The number of hydrogen-bond donors (Lipinski definition) is 1. The second-order valence-corrected chi connectivity index (χ2v) is 3.82. The number of rotatable bonds is 5. The highest BCUT2D eigenvalue weighted by Crippen LogP contribution is 2.35. The van der Waals surface area contributed by atoms with Gasteiger partial charge >= 0.3 is 0 Å². The molecule has 0 aromatic heterocycles. The van der Waals surface area contributed by atoms with Crippen molar-refractivity contribution in [3.8, 4) is 17.2 Å². The molecule has 0 aliphatic carbocycles. The highest BCUT2D eigenvalue weighted by molar-refractivity contribution is 5.46. The molecule has 0 saturated heterocycles. The molecule has 1 aliphatic rings. The fraction of sp³-hybridized carbons (Fsp3) is 0.500. The predicted molar refractivity (Wildman–Crippen MR) is 60.9 cm³/mol. The van der Waals surface area contributed by atoms with E-state index in [1.165, 1.54) is 0 Å². The summed E-state index contributed by atoms with van der Waals surface area (Å²) in [5.41, 5.74) is 5.80. The van der Waals surface area contributed by atoms with E-state index in [0.717, 1.165) is 30.1 Å². The zero-order valence-electron chi connectivity index (χ0n) is 9.44. The summed E-state index contributed by atoms with van der Waals surface area (Å²) in [6.45, 7) is 3.00. The molecule has 4 heteroatoms. The van der Waals surface area contributed by atoms with Gasteiger partial charge in [-0.15, -0.1) is 0 Å². The van der Waals surface area contributed by atoms with Gasteiger partial charge in [-0.1, -0.05) is 6.92 Å². The first-order chi connectivity index (χ1) is 7.79. The minimum absolute atomic E-state index is 0.217. The third kappa shape index (κ3) is 2.58. The molecule has 0 fully saturated rings. The highest BCUT2D eigenvalue weighted by Gasteiger charge is 2.13. The summed E-state index contributed by atoms with van der Waals surface area (Å²) in [7, 11) is 0. The van der Waals surface area contributed by atoms with Gasteiger partial charge in [0.05, 0.1) is 6.61 Å². The number of nitrogens with two attached hydrogens (primary N) is 1. The van der Waals surface area contributed by atoms with E-state index in [-0.39, 0.29) is 6.04 Å². The Morgan fingerprint density at radius 2 is 2.19 bits per heavy atom. The first-order valence-electron chi connectivity index (χ1n) is 5.57. The molecule has 0 saturated carbocycles. The second-order valence-electron chi connectivity index (χ2n) is 3.82. The monoisotopic (exact) mass is 223 g/mol. The highest BCUT2D eigenvalue weighted by atomic mass is 16.7. The van der Waals surface area contributed by atoms with Crippen LogP contribution in [-0.2, 0) is 0 Å². The molecule has 4 nitrogen and oxygen atoms in total. The molecule has 2 N–H and O–H groups in total. The molecule has 1 heterocycles. The molecule has 2 rings (SSSR count). The molecule has 0 bridgehead atoms. The van der Waals surface area contributed by atoms with E-state index in [1.54, 1.807) is 0 Å². The fourth-order valence-corrected chi connectivity index (χ4v) is 1.50. The number of benzene rings is 1. The van der Waals surface area contributed by atoms with Crippen molar-refractivity contribution in [1.82, 2.24) is 0 Å². The van der Waals surface area contributed by atoms with Gasteiger partial charge < -0.3 is 19.9 Å². The van der Waals surface area contributed by atoms with Gasteiger partial charge in [-0.2, -0.15) is 0 Å². The summed E-state index contributed by atoms with van der Waals surface area (Å²) in [5, 5.41) is 0. The Bertz CT molecular complexity index is 354. The van der Waals surface area contributed by atoms with Crippen LogP contribution < -0.4 is 19.9 Å². The summed E-state index contributed by atoms with van der Waals surface area (Å²) in [6.07, 6.45) is 1.84. The molecular weight excluding hydrogens is 206 g/mol. The van der Waals surface area contributed by atoms with Gasteiger partial charge in [0.25, 0.3) is 0 Å². The maximum Gasteiger partial charge on any atom is 0.231 e. The van der Waals surface area contributed by atoms with Gasteiger partial charge in [-0.25, -0.2) is 0 Å².